The third kappa shape index (κ3) is 1.47. The van der Waals surface area contributed by atoms with E-state index in [9.17, 15) is 5.11 Å². The number of benzene rings is 1. The molecule has 17 heavy (non-hydrogen) atoms. The fraction of sp³-hybridized carbons (Fsp3) is 0. The Morgan fingerprint density at radius 1 is 0.529 bits per heavy atom. The molecule has 76 valence electrons. The molecule has 0 aliphatic heterocycles. The fourth-order valence-electron chi connectivity index (χ4n) is 1.29. The molecule has 1 aromatic rings. The number of phenolic OH excluding ortho intramolecular Hbond substituents is 1. The molecule has 6 heteroatoms. The smallest absolute Gasteiger partial charge is 0.153 e. The topological polar surface area (TPSA) is 139 Å². The van der Waals surface area contributed by atoms with Crippen LogP contribution in [0.15, 0.2) is 0 Å². The van der Waals surface area contributed by atoms with Crippen LogP contribution < -0.4 is 0 Å². The minimum absolute atomic E-state index is 0.374. The molecule has 1 rings (SSSR count). The summed E-state index contributed by atoms with van der Waals surface area (Å²) < 4.78 is 0. The van der Waals surface area contributed by atoms with Crippen molar-refractivity contribution < 1.29 is 5.11 Å². The number of nitriles is 5. The Morgan fingerprint density at radius 3 is 1.00 bits per heavy atom. The minimum atomic E-state index is -0.748. The molecule has 0 unspecified atom stereocenters. The molecule has 0 spiro atoms. The Bertz CT molecular complexity index is 660. The van der Waals surface area contributed by atoms with Crippen LogP contribution >= 0.6 is 0 Å². The second-order valence-electron chi connectivity index (χ2n) is 2.78. The van der Waals surface area contributed by atoms with Gasteiger partial charge in [-0.3, -0.25) is 0 Å². The summed E-state index contributed by atoms with van der Waals surface area (Å²) in [6, 6.07) is 7.78. The maximum Gasteiger partial charge on any atom is 0.153 e. The van der Waals surface area contributed by atoms with Gasteiger partial charge in [-0.05, 0) is 0 Å². The molecule has 0 amide bonds. The van der Waals surface area contributed by atoms with E-state index in [0.29, 0.717) is 0 Å². The molecule has 0 aliphatic rings. The maximum atomic E-state index is 9.58. The van der Waals surface area contributed by atoms with Crippen molar-refractivity contribution in [2.75, 3.05) is 0 Å². The second kappa shape index (κ2) is 4.33. The Hall–Kier alpha value is -3.53. The average molecular weight is 219 g/mol. The molecule has 6 nitrogen and oxygen atoms in total. The van der Waals surface area contributed by atoms with E-state index in [-0.39, 0.29) is 5.56 Å². The summed E-state index contributed by atoms with van der Waals surface area (Å²) in [5, 5.41) is 53.6. The molecular formula is C11HN5O. The molecule has 0 radical (unpaired) electrons. The molecule has 0 aromatic heterocycles. The van der Waals surface area contributed by atoms with Gasteiger partial charge in [0.1, 0.15) is 41.5 Å². The Labute approximate surface area is 96.0 Å². The number of nitrogens with zero attached hydrogens (tertiary/aromatic N) is 5. The lowest BCUT2D eigenvalue weighted by molar-refractivity contribution is 0.471. The van der Waals surface area contributed by atoms with Gasteiger partial charge in [-0.2, -0.15) is 26.3 Å². The first-order valence-corrected chi connectivity index (χ1v) is 4.09. The van der Waals surface area contributed by atoms with E-state index in [4.69, 9.17) is 26.3 Å². The first-order valence-electron chi connectivity index (χ1n) is 4.09. The highest BCUT2D eigenvalue weighted by Crippen LogP contribution is 2.31. The van der Waals surface area contributed by atoms with Crippen LogP contribution in [0.4, 0.5) is 0 Å². The molecule has 1 aromatic carbocycles. The largest absolute Gasteiger partial charge is 0.505 e. The SMILES string of the molecule is N#Cc1c(O)c(C#N)c(C#N)c(C#N)c1C#N. The van der Waals surface area contributed by atoms with Crippen LogP contribution in [0.1, 0.15) is 27.8 Å². The Morgan fingerprint density at radius 2 is 0.765 bits per heavy atom. The van der Waals surface area contributed by atoms with Crippen LogP contribution in [0.5, 0.6) is 5.75 Å². The van der Waals surface area contributed by atoms with E-state index in [2.05, 4.69) is 0 Å². The van der Waals surface area contributed by atoms with Crippen LogP contribution in [0.3, 0.4) is 0 Å². The molecular weight excluding hydrogens is 218 g/mol. The van der Waals surface area contributed by atoms with Gasteiger partial charge in [0.05, 0.1) is 16.7 Å². The van der Waals surface area contributed by atoms with Crippen molar-refractivity contribution in [2.24, 2.45) is 0 Å². The highest BCUT2D eigenvalue weighted by molar-refractivity contribution is 5.72. The summed E-state index contributed by atoms with van der Waals surface area (Å²) in [4.78, 5) is 0. The second-order valence-corrected chi connectivity index (χ2v) is 2.78. The van der Waals surface area contributed by atoms with E-state index >= 15 is 0 Å². The van der Waals surface area contributed by atoms with E-state index in [0.717, 1.165) is 0 Å². The van der Waals surface area contributed by atoms with Crippen LogP contribution in [0, 0.1) is 56.7 Å². The number of rotatable bonds is 0. The van der Waals surface area contributed by atoms with Gasteiger partial charge in [0, 0.05) is 0 Å². The van der Waals surface area contributed by atoms with Crippen molar-refractivity contribution in [3.05, 3.63) is 27.8 Å². The number of hydrogen-bond donors (Lipinski definition) is 1. The third-order valence-electron chi connectivity index (χ3n) is 2.03. The summed E-state index contributed by atoms with van der Waals surface area (Å²) in [5.74, 6) is -0.748. The van der Waals surface area contributed by atoms with Gasteiger partial charge in [-0.1, -0.05) is 0 Å². The Kier molecular flexibility index (Phi) is 2.94. The van der Waals surface area contributed by atoms with Crippen LogP contribution in [0.25, 0.3) is 0 Å². The number of hydrogen-bond acceptors (Lipinski definition) is 6. The molecule has 0 fully saturated rings. The fourth-order valence-corrected chi connectivity index (χ4v) is 1.29. The van der Waals surface area contributed by atoms with E-state index in [1.807, 2.05) is 0 Å². The highest BCUT2D eigenvalue weighted by Gasteiger charge is 2.23. The van der Waals surface area contributed by atoms with Gasteiger partial charge < -0.3 is 5.11 Å². The number of aromatic hydroxyl groups is 1. The first kappa shape index (κ1) is 11.5. The number of phenols is 1. The molecule has 0 atom stereocenters. The van der Waals surface area contributed by atoms with E-state index in [1.54, 1.807) is 18.2 Å². The summed E-state index contributed by atoms with van der Waals surface area (Å²) in [7, 11) is 0. The zero-order chi connectivity index (χ0) is 13.0. The molecule has 0 bridgehead atoms. The normalized spacial score (nSPS) is 7.94. The highest BCUT2D eigenvalue weighted by atomic mass is 16.3. The van der Waals surface area contributed by atoms with Gasteiger partial charge in [-0.15, -0.1) is 0 Å². The van der Waals surface area contributed by atoms with Crippen molar-refractivity contribution in [3.63, 3.8) is 0 Å². The minimum Gasteiger partial charge on any atom is -0.505 e. The molecule has 0 aliphatic carbocycles. The van der Waals surface area contributed by atoms with Crippen molar-refractivity contribution >= 4 is 0 Å². The zero-order valence-electron chi connectivity index (χ0n) is 8.18. The summed E-state index contributed by atoms with van der Waals surface area (Å²) in [6.07, 6.45) is 0. The zero-order valence-corrected chi connectivity index (χ0v) is 8.18. The lowest BCUT2D eigenvalue weighted by Gasteiger charge is -2.05. The van der Waals surface area contributed by atoms with Gasteiger partial charge in [0.2, 0.25) is 0 Å². The summed E-state index contributed by atoms with van der Waals surface area (Å²) in [6.45, 7) is 0. The van der Waals surface area contributed by atoms with Crippen molar-refractivity contribution in [1.29, 1.82) is 26.3 Å². The average Bonchev–Trinajstić information content (AvgIpc) is 2.36. The Balaban J connectivity index is 4.10. The third-order valence-corrected chi connectivity index (χ3v) is 2.03. The van der Waals surface area contributed by atoms with Gasteiger partial charge in [0.15, 0.2) is 5.75 Å². The van der Waals surface area contributed by atoms with Crippen LogP contribution in [-0.4, -0.2) is 5.11 Å². The molecule has 1 N–H and O–H groups in total. The lowest BCUT2D eigenvalue weighted by Crippen LogP contribution is -1.99. The lowest BCUT2D eigenvalue weighted by atomic mass is 9.93. The quantitative estimate of drug-likeness (QED) is 0.682. The van der Waals surface area contributed by atoms with Crippen molar-refractivity contribution in [2.45, 2.75) is 0 Å². The molecule has 0 saturated heterocycles. The van der Waals surface area contributed by atoms with Crippen molar-refractivity contribution in [1.82, 2.24) is 0 Å². The van der Waals surface area contributed by atoms with Crippen molar-refractivity contribution in [3.8, 4) is 36.1 Å². The maximum absolute atomic E-state index is 9.58. The van der Waals surface area contributed by atoms with E-state index < -0.39 is 28.0 Å². The van der Waals surface area contributed by atoms with E-state index in [1.165, 1.54) is 12.1 Å². The predicted molar refractivity (Wildman–Crippen MR) is 51.7 cm³/mol. The summed E-state index contributed by atoms with van der Waals surface area (Å²) >= 11 is 0. The van der Waals surface area contributed by atoms with Gasteiger partial charge >= 0.3 is 0 Å². The predicted octanol–water partition coefficient (Wildman–Crippen LogP) is 0.751. The monoisotopic (exact) mass is 219 g/mol. The molecule has 0 heterocycles. The van der Waals surface area contributed by atoms with Gasteiger partial charge in [-0.25, -0.2) is 0 Å². The van der Waals surface area contributed by atoms with Crippen LogP contribution in [0.2, 0.25) is 0 Å². The van der Waals surface area contributed by atoms with Gasteiger partial charge in [0.25, 0.3) is 0 Å². The summed E-state index contributed by atoms with van der Waals surface area (Å²) in [5.41, 5.74) is -2.12. The molecule has 0 saturated carbocycles. The standard InChI is InChI=1S/C11HN5O/c12-1-6-7(2-13)9(4-15)11(17)10(5-16)8(6)3-14/h17H. The first-order chi connectivity index (χ1) is 8.15. The van der Waals surface area contributed by atoms with Crippen LogP contribution in [-0.2, 0) is 0 Å².